The van der Waals surface area contributed by atoms with Crippen LogP contribution in [0.1, 0.15) is 40.5 Å². The number of thiazole rings is 1. The number of thioether (sulfide) groups is 1. The minimum absolute atomic E-state index is 0.00855. The van der Waals surface area contributed by atoms with Crippen LogP contribution >= 0.6 is 34.4 Å². The first-order chi connectivity index (χ1) is 15.1. The van der Waals surface area contributed by atoms with Gasteiger partial charge in [-0.05, 0) is 73.1 Å². The monoisotopic (exact) mass is 468 g/mol. The number of anilines is 1. The molecule has 0 saturated heterocycles. The van der Waals surface area contributed by atoms with Gasteiger partial charge in [0.1, 0.15) is 6.54 Å². The third kappa shape index (κ3) is 3.33. The van der Waals surface area contributed by atoms with Gasteiger partial charge in [-0.3, -0.25) is 14.2 Å². The molecule has 4 nitrogen and oxygen atoms in total. The van der Waals surface area contributed by atoms with Crippen molar-refractivity contribution < 1.29 is 4.79 Å². The molecule has 0 radical (unpaired) electrons. The number of aryl methyl sites for hydroxylation is 1. The normalized spacial score (nSPS) is 28.4. The zero-order valence-electron chi connectivity index (χ0n) is 17.2. The van der Waals surface area contributed by atoms with Crippen molar-refractivity contribution in [3.63, 3.8) is 0 Å². The third-order valence-corrected chi connectivity index (χ3v) is 10.9. The van der Waals surface area contributed by atoms with Crippen LogP contribution in [0.5, 0.6) is 0 Å². The Balaban J connectivity index is 1.35. The summed E-state index contributed by atoms with van der Waals surface area (Å²) in [6, 6.07) is 12.1. The van der Waals surface area contributed by atoms with E-state index in [9.17, 15) is 9.59 Å². The molecule has 1 amide bonds. The molecule has 5 atom stereocenters. The smallest absolute Gasteiger partial charge is 0.308 e. The minimum atomic E-state index is -0.142. The average Bonchev–Trinajstić information content (AvgIpc) is 3.52. The maximum atomic E-state index is 13.1. The van der Waals surface area contributed by atoms with Crippen molar-refractivity contribution in [2.24, 2.45) is 17.8 Å². The maximum absolute atomic E-state index is 13.1. The van der Waals surface area contributed by atoms with Crippen LogP contribution in [0.25, 0.3) is 0 Å². The van der Waals surface area contributed by atoms with Crippen LogP contribution in [0.2, 0.25) is 0 Å². The Labute approximate surface area is 193 Å². The van der Waals surface area contributed by atoms with Crippen molar-refractivity contribution in [1.82, 2.24) is 4.57 Å². The first-order valence-electron chi connectivity index (χ1n) is 10.9. The Hall–Kier alpha value is -1.83. The standard InChI is InChI=1S/C24H24N2O2S3/c1-13-4-2-5-16(10-13)25-18(27)12-26-23-22(31-24(26)28)20(17-6-3-9-29-17)19-14-7-8-15(11-14)21(19)30-23/h2-6,9-10,14-15,19-21H,7-8,11-12H2,1H3,(H,25,27)/t14?,15?,19?,20-,21?/m0/s1. The molecular weight excluding hydrogens is 444 g/mol. The lowest BCUT2D eigenvalue weighted by molar-refractivity contribution is -0.116. The van der Waals surface area contributed by atoms with Crippen LogP contribution < -0.4 is 10.2 Å². The molecule has 2 fully saturated rings. The molecule has 3 aliphatic rings. The number of benzene rings is 1. The predicted octanol–water partition coefficient (Wildman–Crippen LogP) is 5.57. The number of nitrogens with zero attached hydrogens (tertiary/aromatic N) is 1. The summed E-state index contributed by atoms with van der Waals surface area (Å²) in [5.74, 6) is 2.33. The van der Waals surface area contributed by atoms with E-state index < -0.39 is 0 Å². The van der Waals surface area contributed by atoms with Crippen molar-refractivity contribution in [3.05, 3.63) is 66.8 Å². The van der Waals surface area contributed by atoms with Gasteiger partial charge in [-0.15, -0.1) is 23.1 Å². The van der Waals surface area contributed by atoms with E-state index in [2.05, 4.69) is 22.8 Å². The second-order valence-corrected chi connectivity index (χ2v) is 12.2. The molecule has 0 spiro atoms. The number of nitrogens with one attached hydrogen (secondary N) is 1. The van der Waals surface area contributed by atoms with Crippen LogP contribution in [-0.2, 0) is 11.3 Å². The van der Waals surface area contributed by atoms with Gasteiger partial charge in [0.15, 0.2) is 0 Å². The van der Waals surface area contributed by atoms with Crippen molar-refractivity contribution in [1.29, 1.82) is 0 Å². The number of carbonyl (C=O) groups excluding carboxylic acids is 1. The van der Waals surface area contributed by atoms with Gasteiger partial charge in [-0.25, -0.2) is 0 Å². The summed E-state index contributed by atoms with van der Waals surface area (Å²) in [6.07, 6.45) is 3.98. The SMILES string of the molecule is Cc1cccc(NC(=O)Cn2c3c(sc2=O)[C@@H](c2cccs2)C2C4CCC(C4)C2S3)c1. The van der Waals surface area contributed by atoms with E-state index in [1.54, 1.807) is 4.57 Å². The van der Waals surface area contributed by atoms with Crippen molar-refractivity contribution in [2.45, 2.75) is 48.9 Å². The summed E-state index contributed by atoms with van der Waals surface area (Å²) in [7, 11) is 0. The molecular formula is C24H24N2O2S3. The van der Waals surface area contributed by atoms with Gasteiger partial charge >= 0.3 is 4.87 Å². The first-order valence-corrected chi connectivity index (χ1v) is 13.5. The van der Waals surface area contributed by atoms with Crippen LogP contribution in [0.4, 0.5) is 5.69 Å². The first kappa shape index (κ1) is 19.8. The molecule has 1 N–H and O–H groups in total. The molecule has 2 aliphatic carbocycles. The quantitative estimate of drug-likeness (QED) is 0.545. The van der Waals surface area contributed by atoms with E-state index in [0.29, 0.717) is 17.1 Å². The van der Waals surface area contributed by atoms with Gasteiger partial charge in [0.25, 0.3) is 0 Å². The van der Waals surface area contributed by atoms with E-state index >= 15 is 0 Å². The Morgan fingerprint density at radius 3 is 2.87 bits per heavy atom. The van der Waals surface area contributed by atoms with Crippen molar-refractivity contribution in [3.8, 4) is 0 Å². The fraction of sp³-hybridized carbons (Fsp3) is 0.417. The Kier molecular flexibility index (Phi) is 4.89. The molecule has 7 heteroatoms. The summed E-state index contributed by atoms with van der Waals surface area (Å²) in [5, 5.41) is 6.72. The van der Waals surface area contributed by atoms with E-state index in [-0.39, 0.29) is 17.3 Å². The molecule has 3 aromatic rings. The summed E-state index contributed by atoms with van der Waals surface area (Å²) in [4.78, 5) is 28.4. The van der Waals surface area contributed by atoms with Gasteiger partial charge in [0.05, 0.1) is 5.03 Å². The highest BCUT2D eigenvalue weighted by Crippen LogP contribution is 2.64. The second-order valence-electron chi connectivity index (χ2n) is 9.03. The zero-order chi connectivity index (χ0) is 21.1. The van der Waals surface area contributed by atoms with Gasteiger partial charge in [0.2, 0.25) is 5.91 Å². The minimum Gasteiger partial charge on any atom is -0.325 e. The molecule has 31 heavy (non-hydrogen) atoms. The third-order valence-electron chi connectivity index (χ3n) is 7.14. The molecule has 1 aromatic carbocycles. The van der Waals surface area contributed by atoms with Crippen molar-refractivity contribution >= 4 is 46.0 Å². The van der Waals surface area contributed by atoms with E-state index in [0.717, 1.165) is 28.1 Å². The predicted molar refractivity (Wildman–Crippen MR) is 129 cm³/mol. The number of fused-ring (bicyclic) bond motifs is 6. The molecule has 2 saturated carbocycles. The second kappa shape index (κ2) is 7.64. The lowest BCUT2D eigenvalue weighted by Crippen LogP contribution is -2.34. The molecule has 2 aromatic heterocycles. The van der Waals surface area contributed by atoms with Gasteiger partial charge in [0, 0.05) is 26.6 Å². The highest BCUT2D eigenvalue weighted by molar-refractivity contribution is 8.00. The number of hydrogen-bond acceptors (Lipinski definition) is 5. The highest BCUT2D eigenvalue weighted by Gasteiger charge is 2.55. The van der Waals surface area contributed by atoms with Gasteiger partial charge in [-0.1, -0.05) is 29.5 Å². The number of amides is 1. The molecule has 3 heterocycles. The molecule has 2 bridgehead atoms. The Morgan fingerprint density at radius 1 is 1.19 bits per heavy atom. The number of aromatic nitrogens is 1. The summed E-state index contributed by atoms with van der Waals surface area (Å²) in [5.41, 5.74) is 1.87. The van der Waals surface area contributed by atoms with Crippen LogP contribution in [0.15, 0.2) is 51.6 Å². The van der Waals surface area contributed by atoms with E-state index in [1.807, 2.05) is 54.3 Å². The maximum Gasteiger partial charge on any atom is 0.308 e. The van der Waals surface area contributed by atoms with Crippen molar-refractivity contribution in [2.75, 3.05) is 5.32 Å². The number of rotatable bonds is 4. The summed E-state index contributed by atoms with van der Waals surface area (Å²) in [6.45, 7) is 2.08. The summed E-state index contributed by atoms with van der Waals surface area (Å²) >= 11 is 5.06. The Morgan fingerprint density at radius 2 is 2.06 bits per heavy atom. The molecule has 4 unspecified atom stereocenters. The zero-order valence-corrected chi connectivity index (χ0v) is 19.7. The van der Waals surface area contributed by atoms with E-state index in [4.69, 9.17) is 0 Å². The molecule has 1 aliphatic heterocycles. The number of hydrogen-bond donors (Lipinski definition) is 1. The molecule has 160 valence electrons. The lowest BCUT2D eigenvalue weighted by Gasteiger charge is -2.40. The fourth-order valence-electron chi connectivity index (χ4n) is 5.94. The number of carbonyl (C=O) groups is 1. The average molecular weight is 469 g/mol. The highest BCUT2D eigenvalue weighted by atomic mass is 32.2. The van der Waals surface area contributed by atoms with Crippen LogP contribution in [-0.4, -0.2) is 15.7 Å². The Bertz CT molecular complexity index is 1200. The lowest BCUT2D eigenvalue weighted by atomic mass is 9.77. The topological polar surface area (TPSA) is 51.1 Å². The van der Waals surface area contributed by atoms with Gasteiger partial charge < -0.3 is 5.32 Å². The number of thiophene rings is 1. The van der Waals surface area contributed by atoms with Crippen LogP contribution in [0, 0.1) is 24.7 Å². The van der Waals surface area contributed by atoms with E-state index in [1.165, 1.54) is 40.4 Å². The van der Waals surface area contributed by atoms with Crippen LogP contribution in [0.3, 0.4) is 0 Å². The fourth-order valence-corrected chi connectivity index (χ4v) is 10.1. The van der Waals surface area contributed by atoms with Gasteiger partial charge in [-0.2, -0.15) is 0 Å². The largest absolute Gasteiger partial charge is 0.325 e. The summed E-state index contributed by atoms with van der Waals surface area (Å²) < 4.78 is 1.73. The molecule has 6 rings (SSSR count).